The summed E-state index contributed by atoms with van der Waals surface area (Å²) < 4.78 is 7.98. The fourth-order valence-corrected chi connectivity index (χ4v) is 3.00. The van der Waals surface area contributed by atoms with Gasteiger partial charge in [-0.2, -0.15) is 0 Å². The van der Waals surface area contributed by atoms with Crippen LogP contribution in [0.15, 0.2) is 12.5 Å². The van der Waals surface area contributed by atoms with Crippen molar-refractivity contribution in [2.75, 3.05) is 13.7 Å². The standard InChI is InChI=1S/C13H21N3O/c1-17-13(5-3-6-13)9-16-10-14-8-12(16)11-4-2-7-15-11/h8,10-11,15H,2-7,9H2,1H3/t11-/m0/s1. The molecule has 4 heteroatoms. The molecule has 2 fully saturated rings. The van der Waals surface area contributed by atoms with Crippen molar-refractivity contribution < 1.29 is 4.74 Å². The molecule has 1 N–H and O–H groups in total. The van der Waals surface area contributed by atoms with Crippen LogP contribution in [0.3, 0.4) is 0 Å². The Hall–Kier alpha value is -0.870. The van der Waals surface area contributed by atoms with E-state index in [0.717, 1.165) is 13.1 Å². The molecule has 17 heavy (non-hydrogen) atoms. The first kappa shape index (κ1) is 11.2. The molecule has 2 heterocycles. The molecular weight excluding hydrogens is 214 g/mol. The van der Waals surface area contributed by atoms with Crippen LogP contribution in [0, 0.1) is 0 Å². The van der Waals surface area contributed by atoms with Gasteiger partial charge in [-0.3, -0.25) is 0 Å². The van der Waals surface area contributed by atoms with E-state index in [2.05, 4.69) is 14.9 Å². The molecule has 0 spiro atoms. The van der Waals surface area contributed by atoms with Crippen molar-refractivity contribution in [2.24, 2.45) is 0 Å². The van der Waals surface area contributed by atoms with Crippen LogP contribution in [0.4, 0.5) is 0 Å². The minimum atomic E-state index is 0.0774. The lowest BCUT2D eigenvalue weighted by atomic mass is 9.80. The van der Waals surface area contributed by atoms with Crippen LogP contribution in [0.25, 0.3) is 0 Å². The molecule has 3 rings (SSSR count). The van der Waals surface area contributed by atoms with Gasteiger partial charge in [0.15, 0.2) is 0 Å². The van der Waals surface area contributed by atoms with Crippen molar-refractivity contribution >= 4 is 0 Å². The average Bonchev–Trinajstić information content (AvgIpc) is 2.93. The first-order chi connectivity index (χ1) is 8.33. The Kier molecular flexibility index (Phi) is 2.92. The van der Waals surface area contributed by atoms with Gasteiger partial charge < -0.3 is 14.6 Å². The minimum absolute atomic E-state index is 0.0774. The number of nitrogens with zero attached hydrogens (tertiary/aromatic N) is 2. The third-order valence-electron chi connectivity index (χ3n) is 4.32. The lowest BCUT2D eigenvalue weighted by Crippen LogP contribution is -2.43. The molecular formula is C13H21N3O. The Morgan fingerprint density at radius 3 is 3.00 bits per heavy atom. The van der Waals surface area contributed by atoms with Gasteiger partial charge in [-0.15, -0.1) is 0 Å². The summed E-state index contributed by atoms with van der Waals surface area (Å²) >= 11 is 0. The molecule has 4 nitrogen and oxygen atoms in total. The summed E-state index contributed by atoms with van der Waals surface area (Å²) in [4.78, 5) is 4.31. The number of rotatable bonds is 4. The van der Waals surface area contributed by atoms with Crippen LogP contribution in [0.5, 0.6) is 0 Å². The normalized spacial score (nSPS) is 27.0. The van der Waals surface area contributed by atoms with E-state index in [-0.39, 0.29) is 5.60 Å². The minimum Gasteiger partial charge on any atom is -0.376 e. The summed E-state index contributed by atoms with van der Waals surface area (Å²) in [6.07, 6.45) is 10.1. The fraction of sp³-hybridized carbons (Fsp3) is 0.769. The Morgan fingerprint density at radius 2 is 2.41 bits per heavy atom. The van der Waals surface area contributed by atoms with Gasteiger partial charge in [0.1, 0.15) is 0 Å². The molecule has 0 bridgehead atoms. The zero-order chi connectivity index (χ0) is 11.7. The topological polar surface area (TPSA) is 39.1 Å². The lowest BCUT2D eigenvalue weighted by Gasteiger charge is -2.41. The number of hydrogen-bond donors (Lipinski definition) is 1. The van der Waals surface area contributed by atoms with Crippen molar-refractivity contribution in [3.8, 4) is 0 Å². The SMILES string of the molecule is COC1(Cn2cncc2[C@@H]2CCCN2)CCC1. The summed E-state index contributed by atoms with van der Waals surface area (Å²) in [5, 5.41) is 3.54. The maximum atomic E-state index is 5.70. The van der Waals surface area contributed by atoms with E-state index >= 15 is 0 Å². The Bertz CT molecular complexity index is 372. The highest BCUT2D eigenvalue weighted by molar-refractivity contribution is 5.08. The number of aromatic nitrogens is 2. The fourth-order valence-electron chi connectivity index (χ4n) is 3.00. The second-order valence-electron chi connectivity index (χ2n) is 5.34. The van der Waals surface area contributed by atoms with Crippen molar-refractivity contribution in [1.29, 1.82) is 0 Å². The van der Waals surface area contributed by atoms with Gasteiger partial charge in [0.25, 0.3) is 0 Å². The molecule has 1 aliphatic heterocycles. The predicted octanol–water partition coefficient (Wildman–Crippen LogP) is 1.88. The third-order valence-corrected chi connectivity index (χ3v) is 4.32. The van der Waals surface area contributed by atoms with E-state index in [1.54, 1.807) is 0 Å². The van der Waals surface area contributed by atoms with Crippen LogP contribution < -0.4 is 5.32 Å². The summed E-state index contributed by atoms with van der Waals surface area (Å²) in [6.45, 7) is 2.09. The number of nitrogens with one attached hydrogen (secondary N) is 1. The van der Waals surface area contributed by atoms with Crippen LogP contribution >= 0.6 is 0 Å². The lowest BCUT2D eigenvalue weighted by molar-refractivity contribution is -0.0840. The zero-order valence-electron chi connectivity index (χ0n) is 10.5. The summed E-state index contributed by atoms with van der Waals surface area (Å²) in [6, 6.07) is 0.492. The zero-order valence-corrected chi connectivity index (χ0v) is 10.5. The average molecular weight is 235 g/mol. The number of methoxy groups -OCH3 is 1. The van der Waals surface area contributed by atoms with Crippen molar-refractivity contribution in [2.45, 2.75) is 50.3 Å². The molecule has 0 aromatic carbocycles. The maximum absolute atomic E-state index is 5.70. The van der Waals surface area contributed by atoms with Crippen LogP contribution in [0.2, 0.25) is 0 Å². The third kappa shape index (κ3) is 2.00. The van der Waals surface area contributed by atoms with Crippen molar-refractivity contribution in [1.82, 2.24) is 14.9 Å². The smallest absolute Gasteiger partial charge is 0.0949 e. The molecule has 0 unspecified atom stereocenters. The van der Waals surface area contributed by atoms with Gasteiger partial charge in [-0.25, -0.2) is 4.98 Å². The van der Waals surface area contributed by atoms with E-state index < -0.39 is 0 Å². The highest BCUT2D eigenvalue weighted by Crippen LogP contribution is 2.37. The van der Waals surface area contributed by atoms with Gasteiger partial charge in [-0.1, -0.05) is 0 Å². The molecule has 1 saturated heterocycles. The van der Waals surface area contributed by atoms with E-state index in [0.29, 0.717) is 6.04 Å². The van der Waals surface area contributed by atoms with Gasteiger partial charge in [0.2, 0.25) is 0 Å². The van der Waals surface area contributed by atoms with Gasteiger partial charge >= 0.3 is 0 Å². The number of ether oxygens (including phenoxy) is 1. The van der Waals surface area contributed by atoms with E-state index in [1.807, 2.05) is 19.6 Å². The Balaban J connectivity index is 1.76. The summed E-state index contributed by atoms with van der Waals surface area (Å²) in [5.41, 5.74) is 1.40. The molecule has 94 valence electrons. The summed E-state index contributed by atoms with van der Waals surface area (Å²) in [7, 11) is 1.84. The predicted molar refractivity (Wildman–Crippen MR) is 65.8 cm³/mol. The van der Waals surface area contributed by atoms with Gasteiger partial charge in [0.05, 0.1) is 24.2 Å². The Morgan fingerprint density at radius 1 is 1.53 bits per heavy atom. The van der Waals surface area contributed by atoms with Crippen LogP contribution in [-0.4, -0.2) is 28.8 Å². The van der Waals surface area contributed by atoms with Crippen LogP contribution in [-0.2, 0) is 11.3 Å². The number of hydrogen-bond acceptors (Lipinski definition) is 3. The highest BCUT2D eigenvalue weighted by atomic mass is 16.5. The van der Waals surface area contributed by atoms with E-state index in [9.17, 15) is 0 Å². The molecule has 1 aliphatic carbocycles. The molecule has 0 radical (unpaired) electrons. The highest BCUT2D eigenvalue weighted by Gasteiger charge is 2.38. The molecule has 1 saturated carbocycles. The number of imidazole rings is 1. The van der Waals surface area contributed by atoms with E-state index in [1.165, 1.54) is 37.8 Å². The van der Waals surface area contributed by atoms with Crippen LogP contribution in [0.1, 0.15) is 43.8 Å². The first-order valence-corrected chi connectivity index (χ1v) is 6.62. The molecule has 0 amide bonds. The maximum Gasteiger partial charge on any atom is 0.0949 e. The van der Waals surface area contributed by atoms with Crippen molar-refractivity contribution in [3.63, 3.8) is 0 Å². The largest absolute Gasteiger partial charge is 0.376 e. The van der Waals surface area contributed by atoms with E-state index in [4.69, 9.17) is 4.74 Å². The summed E-state index contributed by atoms with van der Waals surface area (Å²) in [5.74, 6) is 0. The Labute approximate surface area is 102 Å². The molecule has 1 atom stereocenters. The molecule has 2 aliphatic rings. The molecule has 1 aromatic rings. The van der Waals surface area contributed by atoms with Crippen molar-refractivity contribution in [3.05, 3.63) is 18.2 Å². The second-order valence-corrected chi connectivity index (χ2v) is 5.34. The second kappa shape index (κ2) is 4.42. The van der Waals surface area contributed by atoms with Gasteiger partial charge in [-0.05, 0) is 38.6 Å². The monoisotopic (exact) mass is 235 g/mol. The van der Waals surface area contributed by atoms with Gasteiger partial charge in [0, 0.05) is 19.3 Å². The molecule has 1 aromatic heterocycles. The quantitative estimate of drug-likeness (QED) is 0.866. The first-order valence-electron chi connectivity index (χ1n) is 6.62.